The fourth-order valence-electron chi connectivity index (χ4n) is 2.71. The highest BCUT2D eigenvalue weighted by atomic mass is 16.5. The van der Waals surface area contributed by atoms with Gasteiger partial charge in [-0.15, -0.1) is 0 Å². The molecule has 0 aliphatic carbocycles. The summed E-state index contributed by atoms with van der Waals surface area (Å²) in [7, 11) is 0. The number of carbonyl (C=O) groups is 1. The van der Waals surface area contributed by atoms with Crippen molar-refractivity contribution in [2.45, 2.75) is 6.92 Å². The maximum absolute atomic E-state index is 12.5. The largest absolute Gasteiger partial charge is 0.493 e. The smallest absolute Gasteiger partial charge is 0.259 e. The van der Waals surface area contributed by atoms with Gasteiger partial charge in [-0.3, -0.25) is 4.79 Å². The maximum Gasteiger partial charge on any atom is 0.259 e. The minimum atomic E-state index is -0.168. The molecule has 5 nitrogen and oxygen atoms in total. The van der Waals surface area contributed by atoms with Crippen LogP contribution < -0.4 is 15.0 Å². The van der Waals surface area contributed by atoms with Crippen molar-refractivity contribution >= 4 is 17.3 Å². The van der Waals surface area contributed by atoms with Crippen LogP contribution in [0.1, 0.15) is 17.3 Å². The molecule has 0 atom stereocenters. The highest BCUT2D eigenvalue weighted by Gasteiger charge is 2.13. The van der Waals surface area contributed by atoms with Crippen LogP contribution in [0.3, 0.4) is 0 Å². The van der Waals surface area contributed by atoms with Crippen molar-refractivity contribution in [2.75, 3.05) is 43.1 Å². The first-order valence-corrected chi connectivity index (χ1v) is 8.24. The van der Waals surface area contributed by atoms with Crippen molar-refractivity contribution in [3.05, 3.63) is 54.1 Å². The number of ether oxygens (including phenoxy) is 2. The number of carbonyl (C=O) groups excluding carboxylic acids is 1. The Balaban J connectivity index is 1.68. The van der Waals surface area contributed by atoms with E-state index >= 15 is 0 Å². The third-order valence-corrected chi connectivity index (χ3v) is 3.93. The number of hydrogen-bond acceptors (Lipinski definition) is 4. The Morgan fingerprint density at radius 3 is 2.54 bits per heavy atom. The van der Waals surface area contributed by atoms with E-state index in [1.165, 1.54) is 0 Å². The molecule has 2 aromatic rings. The lowest BCUT2D eigenvalue weighted by Crippen LogP contribution is -2.36. The van der Waals surface area contributed by atoms with Gasteiger partial charge in [0, 0.05) is 24.5 Å². The molecule has 1 saturated heterocycles. The van der Waals surface area contributed by atoms with Gasteiger partial charge in [-0.1, -0.05) is 12.1 Å². The minimum absolute atomic E-state index is 0.168. The first-order valence-electron chi connectivity index (χ1n) is 8.24. The summed E-state index contributed by atoms with van der Waals surface area (Å²) >= 11 is 0. The minimum Gasteiger partial charge on any atom is -0.493 e. The van der Waals surface area contributed by atoms with Gasteiger partial charge in [0.1, 0.15) is 5.75 Å². The molecule has 2 aromatic carbocycles. The topological polar surface area (TPSA) is 50.8 Å². The lowest BCUT2D eigenvalue weighted by Gasteiger charge is -2.28. The summed E-state index contributed by atoms with van der Waals surface area (Å²) in [5.74, 6) is 0.431. The molecule has 0 spiro atoms. The van der Waals surface area contributed by atoms with E-state index in [4.69, 9.17) is 9.47 Å². The Hall–Kier alpha value is -2.53. The van der Waals surface area contributed by atoms with Gasteiger partial charge < -0.3 is 19.7 Å². The van der Waals surface area contributed by atoms with E-state index in [0.717, 1.165) is 37.7 Å². The molecule has 0 unspecified atom stereocenters. The molecule has 0 radical (unpaired) electrons. The average Bonchev–Trinajstić information content (AvgIpc) is 2.64. The molecule has 1 heterocycles. The number of rotatable bonds is 5. The van der Waals surface area contributed by atoms with E-state index in [9.17, 15) is 4.79 Å². The second kappa shape index (κ2) is 7.84. The number of amides is 1. The van der Waals surface area contributed by atoms with E-state index in [-0.39, 0.29) is 5.91 Å². The number of anilines is 2. The van der Waals surface area contributed by atoms with Crippen LogP contribution in [-0.4, -0.2) is 38.8 Å². The van der Waals surface area contributed by atoms with E-state index in [2.05, 4.69) is 10.2 Å². The number of nitrogens with zero attached hydrogens (tertiary/aromatic N) is 1. The molecule has 1 aliphatic heterocycles. The van der Waals surface area contributed by atoms with Crippen LogP contribution in [0.5, 0.6) is 5.75 Å². The summed E-state index contributed by atoms with van der Waals surface area (Å²) in [5, 5.41) is 2.93. The second-order valence-corrected chi connectivity index (χ2v) is 5.53. The summed E-state index contributed by atoms with van der Waals surface area (Å²) in [6, 6.07) is 15.2. The summed E-state index contributed by atoms with van der Waals surface area (Å²) in [4.78, 5) is 14.8. The highest BCUT2D eigenvalue weighted by molar-refractivity contribution is 6.06. The van der Waals surface area contributed by atoms with E-state index in [1.807, 2.05) is 43.3 Å². The third-order valence-electron chi connectivity index (χ3n) is 3.93. The summed E-state index contributed by atoms with van der Waals surface area (Å²) in [6.07, 6.45) is 0. The zero-order valence-corrected chi connectivity index (χ0v) is 13.8. The predicted molar refractivity (Wildman–Crippen MR) is 95.0 cm³/mol. The second-order valence-electron chi connectivity index (χ2n) is 5.53. The molecule has 1 N–H and O–H groups in total. The van der Waals surface area contributed by atoms with Gasteiger partial charge in [0.2, 0.25) is 0 Å². The van der Waals surface area contributed by atoms with Gasteiger partial charge in [-0.2, -0.15) is 0 Å². The molecular weight excluding hydrogens is 304 g/mol. The third kappa shape index (κ3) is 3.86. The Morgan fingerprint density at radius 2 is 1.83 bits per heavy atom. The van der Waals surface area contributed by atoms with Gasteiger partial charge in [0.05, 0.1) is 25.4 Å². The molecule has 126 valence electrons. The number of nitrogens with one attached hydrogen (secondary N) is 1. The predicted octanol–water partition coefficient (Wildman–Crippen LogP) is 3.17. The van der Waals surface area contributed by atoms with Crippen molar-refractivity contribution in [2.24, 2.45) is 0 Å². The maximum atomic E-state index is 12.5. The molecule has 1 aliphatic rings. The molecule has 1 fully saturated rings. The van der Waals surface area contributed by atoms with Crippen LogP contribution in [0.2, 0.25) is 0 Å². The van der Waals surface area contributed by atoms with Crippen molar-refractivity contribution in [3.8, 4) is 5.75 Å². The normalized spacial score (nSPS) is 14.3. The molecule has 0 aromatic heterocycles. The zero-order valence-electron chi connectivity index (χ0n) is 13.8. The van der Waals surface area contributed by atoms with E-state index in [0.29, 0.717) is 17.9 Å². The average molecular weight is 326 g/mol. The number of hydrogen-bond donors (Lipinski definition) is 1. The van der Waals surface area contributed by atoms with Gasteiger partial charge in [-0.25, -0.2) is 0 Å². The van der Waals surface area contributed by atoms with Crippen molar-refractivity contribution in [3.63, 3.8) is 0 Å². The van der Waals surface area contributed by atoms with Crippen molar-refractivity contribution in [1.29, 1.82) is 0 Å². The fraction of sp³-hybridized carbons (Fsp3) is 0.316. The quantitative estimate of drug-likeness (QED) is 0.917. The number of morpholine rings is 1. The molecule has 0 saturated carbocycles. The fourth-order valence-corrected chi connectivity index (χ4v) is 2.71. The van der Waals surface area contributed by atoms with Gasteiger partial charge in [-0.05, 0) is 43.3 Å². The molecule has 0 bridgehead atoms. The van der Waals surface area contributed by atoms with Crippen LogP contribution in [0.15, 0.2) is 48.5 Å². The van der Waals surface area contributed by atoms with Crippen molar-refractivity contribution in [1.82, 2.24) is 0 Å². The first-order chi connectivity index (χ1) is 11.8. The summed E-state index contributed by atoms with van der Waals surface area (Å²) in [5.41, 5.74) is 2.45. The van der Waals surface area contributed by atoms with Crippen LogP contribution in [0.25, 0.3) is 0 Å². The molecule has 24 heavy (non-hydrogen) atoms. The Morgan fingerprint density at radius 1 is 1.12 bits per heavy atom. The SMILES string of the molecule is CCOc1ccccc1C(=O)Nc1ccc(N2CCOCC2)cc1. The van der Waals surface area contributed by atoms with Crippen LogP contribution in [-0.2, 0) is 4.74 Å². The standard InChI is InChI=1S/C19H22N2O3/c1-2-24-18-6-4-3-5-17(18)19(22)20-15-7-9-16(10-8-15)21-11-13-23-14-12-21/h3-10H,2,11-14H2,1H3,(H,20,22). The molecular formula is C19H22N2O3. The van der Waals surface area contributed by atoms with Crippen LogP contribution in [0, 0.1) is 0 Å². The Kier molecular flexibility index (Phi) is 5.33. The molecule has 3 rings (SSSR count). The van der Waals surface area contributed by atoms with Crippen molar-refractivity contribution < 1.29 is 14.3 Å². The van der Waals surface area contributed by atoms with E-state index in [1.54, 1.807) is 12.1 Å². The van der Waals surface area contributed by atoms with Crippen LogP contribution >= 0.6 is 0 Å². The van der Waals surface area contributed by atoms with Gasteiger partial charge in [0.15, 0.2) is 0 Å². The molecule has 5 heteroatoms. The Labute approximate surface area is 142 Å². The highest BCUT2D eigenvalue weighted by Crippen LogP contribution is 2.22. The monoisotopic (exact) mass is 326 g/mol. The number of benzene rings is 2. The Bertz CT molecular complexity index is 679. The summed E-state index contributed by atoms with van der Waals surface area (Å²) < 4.78 is 10.9. The zero-order chi connectivity index (χ0) is 16.8. The van der Waals surface area contributed by atoms with Gasteiger partial charge >= 0.3 is 0 Å². The number of para-hydroxylation sites is 1. The first kappa shape index (κ1) is 16.3. The molecule has 1 amide bonds. The lowest BCUT2D eigenvalue weighted by molar-refractivity contribution is 0.102. The van der Waals surface area contributed by atoms with E-state index < -0.39 is 0 Å². The van der Waals surface area contributed by atoms with Crippen LogP contribution in [0.4, 0.5) is 11.4 Å². The summed E-state index contributed by atoms with van der Waals surface area (Å²) in [6.45, 7) is 5.73. The van der Waals surface area contributed by atoms with Gasteiger partial charge in [0.25, 0.3) is 5.91 Å². The lowest BCUT2D eigenvalue weighted by atomic mass is 10.1.